The molecule has 0 fully saturated rings. The highest BCUT2D eigenvalue weighted by atomic mass is 31.2. The van der Waals surface area contributed by atoms with Crippen LogP contribution in [0, 0.1) is 0 Å². The van der Waals surface area contributed by atoms with Crippen LogP contribution in [0.4, 0.5) is 0 Å². The second-order valence-electron chi connectivity index (χ2n) is 26.5. The smallest absolute Gasteiger partial charge is 0.456 e. The van der Waals surface area contributed by atoms with Crippen molar-refractivity contribution in [2.24, 2.45) is 0 Å². The first-order chi connectivity index (χ1) is 41.4. The Hall–Kier alpha value is -2.03. The van der Waals surface area contributed by atoms with E-state index in [9.17, 15) is 19.0 Å². The Morgan fingerprint density at radius 3 is 1.09 bits per heavy atom. The molecule has 0 radical (unpaired) electrons. The molecule has 0 saturated carbocycles. The third kappa shape index (κ3) is 66.2. The zero-order valence-electron chi connectivity index (χ0n) is 57.4. The lowest BCUT2D eigenvalue weighted by molar-refractivity contribution is -0.870. The van der Waals surface area contributed by atoms with E-state index in [1.807, 2.05) is 27.2 Å². The van der Waals surface area contributed by atoms with Gasteiger partial charge in [-0.1, -0.05) is 314 Å². The van der Waals surface area contributed by atoms with Crippen LogP contribution >= 0.6 is 7.82 Å². The summed E-state index contributed by atoms with van der Waals surface area (Å²) in [5, 5.41) is 3.08. The van der Waals surface area contributed by atoms with Crippen LogP contribution in [0.5, 0.6) is 0 Å². The Morgan fingerprint density at radius 2 is 0.718 bits per heavy atom. The van der Waals surface area contributed by atoms with Crippen molar-refractivity contribution in [2.45, 2.75) is 380 Å². The lowest BCUT2D eigenvalue weighted by atomic mass is 10.0. The predicted octanol–water partition coefficient (Wildman–Crippen LogP) is 23.6. The van der Waals surface area contributed by atoms with E-state index in [0.29, 0.717) is 23.9 Å². The van der Waals surface area contributed by atoms with Crippen molar-refractivity contribution in [2.75, 3.05) is 40.9 Å². The first kappa shape index (κ1) is 83.0. The molecule has 0 aliphatic heterocycles. The lowest BCUT2D eigenvalue weighted by Gasteiger charge is -2.27. The van der Waals surface area contributed by atoms with Gasteiger partial charge in [-0.25, -0.2) is 4.57 Å². The summed E-state index contributed by atoms with van der Waals surface area (Å²) in [6.07, 6.45) is 82.7. The van der Waals surface area contributed by atoms with Gasteiger partial charge in [0.15, 0.2) is 0 Å². The van der Waals surface area contributed by atoms with E-state index in [2.05, 4.69) is 68.6 Å². The number of ether oxygens (including phenoxy) is 1. The normalized spacial score (nSPS) is 13.7. The number of carbonyl (C=O) groups is 2. The van der Waals surface area contributed by atoms with Crippen molar-refractivity contribution < 1.29 is 37.3 Å². The maximum atomic E-state index is 13.6. The van der Waals surface area contributed by atoms with Crippen LogP contribution < -0.4 is 5.32 Å². The third-order valence-electron chi connectivity index (χ3n) is 16.7. The van der Waals surface area contributed by atoms with Crippen LogP contribution in [0.1, 0.15) is 367 Å². The molecule has 0 saturated heterocycles. The molecule has 2 N–H and O–H groups in total. The zero-order valence-corrected chi connectivity index (χ0v) is 58.3. The van der Waals surface area contributed by atoms with Crippen LogP contribution in [0.2, 0.25) is 0 Å². The molecule has 3 atom stereocenters. The van der Waals surface area contributed by atoms with Crippen molar-refractivity contribution in [3.05, 3.63) is 48.6 Å². The summed E-state index contributed by atoms with van der Waals surface area (Å²) < 4.78 is 30.9. The lowest BCUT2D eigenvalue weighted by Crippen LogP contribution is -2.47. The number of allylic oxidation sites excluding steroid dienone is 7. The highest BCUT2D eigenvalue weighted by Gasteiger charge is 2.30. The van der Waals surface area contributed by atoms with Crippen molar-refractivity contribution in [3.8, 4) is 0 Å². The van der Waals surface area contributed by atoms with Crippen LogP contribution in [0.15, 0.2) is 48.6 Å². The zero-order chi connectivity index (χ0) is 62.1. The Labute approximate surface area is 529 Å². The second kappa shape index (κ2) is 64.9. The Morgan fingerprint density at radius 1 is 0.412 bits per heavy atom. The molecule has 10 heteroatoms. The Balaban J connectivity index is 5.01. The predicted molar refractivity (Wildman–Crippen MR) is 369 cm³/mol. The largest absolute Gasteiger partial charge is 0.472 e. The maximum absolute atomic E-state index is 13.6. The van der Waals surface area contributed by atoms with Crippen LogP contribution in [0.3, 0.4) is 0 Å². The summed E-state index contributed by atoms with van der Waals surface area (Å²) in [5.41, 5.74) is 0. The monoisotopic (exact) mass is 1220 g/mol. The van der Waals surface area contributed by atoms with E-state index in [-0.39, 0.29) is 25.1 Å². The van der Waals surface area contributed by atoms with Gasteiger partial charge in [0.2, 0.25) is 5.91 Å². The summed E-state index contributed by atoms with van der Waals surface area (Å²) in [6, 6.07) is -0.848. The summed E-state index contributed by atoms with van der Waals surface area (Å²) in [5.74, 6) is -0.489. The molecule has 3 unspecified atom stereocenters. The summed E-state index contributed by atoms with van der Waals surface area (Å²) in [4.78, 5) is 37.9. The topological polar surface area (TPSA) is 111 Å². The van der Waals surface area contributed by atoms with Crippen molar-refractivity contribution in [3.63, 3.8) is 0 Å². The number of esters is 1. The van der Waals surface area contributed by atoms with Crippen LogP contribution in [-0.4, -0.2) is 74.3 Å². The van der Waals surface area contributed by atoms with E-state index >= 15 is 0 Å². The first-order valence-electron chi connectivity index (χ1n) is 37.0. The molecule has 0 rings (SSSR count). The van der Waals surface area contributed by atoms with Gasteiger partial charge >= 0.3 is 13.8 Å². The molecular formula is C75H144N2O7P+. The van der Waals surface area contributed by atoms with Crippen molar-refractivity contribution >= 4 is 19.7 Å². The maximum Gasteiger partial charge on any atom is 0.472 e. The van der Waals surface area contributed by atoms with Crippen molar-refractivity contribution in [1.29, 1.82) is 0 Å². The number of unbranched alkanes of at least 4 members (excludes halogenated alkanes) is 46. The molecule has 0 heterocycles. The minimum Gasteiger partial charge on any atom is -0.456 e. The average molecular weight is 1220 g/mol. The highest BCUT2D eigenvalue weighted by molar-refractivity contribution is 7.47. The summed E-state index contributed by atoms with van der Waals surface area (Å²) in [7, 11) is 1.51. The summed E-state index contributed by atoms with van der Waals surface area (Å²) >= 11 is 0. The number of carbonyl (C=O) groups excluding carboxylic acids is 2. The third-order valence-corrected chi connectivity index (χ3v) is 17.7. The molecule has 85 heavy (non-hydrogen) atoms. The molecule has 500 valence electrons. The average Bonchev–Trinajstić information content (AvgIpc) is 3.50. The molecule has 0 aliphatic carbocycles. The number of nitrogens with one attached hydrogen (secondary N) is 1. The van der Waals surface area contributed by atoms with E-state index in [1.54, 1.807) is 0 Å². The SMILES string of the molecule is CCCCC/C=C\C/C=C\CCCCCCCCCCCCCCCCCCCC(=O)OC(/C=C\CCCCCCCCCCCCC)C(COP(=O)(O)OCC[N+](C)(C)C)NC(=O)CCCCCCCCCCC/C=C/CCCCCCCC. The minimum atomic E-state index is -4.45. The highest BCUT2D eigenvalue weighted by Crippen LogP contribution is 2.43. The number of nitrogens with zero attached hydrogens (tertiary/aromatic N) is 1. The molecule has 9 nitrogen and oxygen atoms in total. The van der Waals surface area contributed by atoms with Gasteiger partial charge in [-0.2, -0.15) is 0 Å². The van der Waals surface area contributed by atoms with Gasteiger partial charge in [0.1, 0.15) is 19.3 Å². The number of phosphoric acid groups is 1. The van der Waals surface area contributed by atoms with E-state index in [0.717, 1.165) is 64.2 Å². The molecule has 0 aromatic heterocycles. The number of likely N-dealkylation sites (N-methyl/N-ethyl adjacent to an activating group) is 1. The van der Waals surface area contributed by atoms with Gasteiger partial charge in [-0.15, -0.1) is 0 Å². The first-order valence-corrected chi connectivity index (χ1v) is 38.5. The van der Waals surface area contributed by atoms with Gasteiger partial charge in [-0.3, -0.25) is 18.6 Å². The molecule has 0 aromatic rings. The summed E-state index contributed by atoms with van der Waals surface area (Å²) in [6.45, 7) is 7.04. The molecule has 0 spiro atoms. The van der Waals surface area contributed by atoms with E-state index < -0.39 is 20.0 Å². The number of hydrogen-bond acceptors (Lipinski definition) is 6. The van der Waals surface area contributed by atoms with Crippen LogP contribution in [0.25, 0.3) is 0 Å². The standard InChI is InChI=1S/C75H143N2O7P/c1-7-10-13-16-19-22-25-28-30-32-34-35-36-37-38-39-40-41-43-45-47-50-53-56-59-62-65-68-75(79)84-73(66-63-60-57-54-51-48-27-24-21-18-15-12-9-3)72(71-83-85(80,81)82-70-69-77(4,5)6)76-74(78)67-64-61-58-55-52-49-46-44-42-33-31-29-26-23-20-17-14-11-8-2/h19,22,28-31,63,66,72-73H,7-18,20-21,23-27,32-62,64-65,67-71H2,1-6H3,(H-,76,78,80,81)/p+1/b22-19-,30-28-,31-29+,66-63-. The van der Waals surface area contributed by atoms with Gasteiger partial charge < -0.3 is 19.4 Å². The van der Waals surface area contributed by atoms with Crippen LogP contribution in [-0.2, 0) is 27.9 Å². The number of phosphoric ester groups is 1. The van der Waals surface area contributed by atoms with Gasteiger partial charge in [0, 0.05) is 12.8 Å². The molecule has 0 aromatic carbocycles. The molecule has 1 amide bonds. The molecule has 0 aliphatic rings. The minimum absolute atomic E-state index is 0.0418. The van der Waals surface area contributed by atoms with Gasteiger partial charge in [-0.05, 0) is 89.5 Å². The number of amides is 1. The van der Waals surface area contributed by atoms with Gasteiger partial charge in [0.05, 0.1) is 33.8 Å². The fourth-order valence-corrected chi connectivity index (χ4v) is 11.8. The fraction of sp³-hybridized carbons (Fsp3) is 0.867. The quantitative estimate of drug-likeness (QED) is 0.0205. The van der Waals surface area contributed by atoms with Crippen molar-refractivity contribution in [1.82, 2.24) is 5.32 Å². The van der Waals surface area contributed by atoms with E-state index in [1.165, 1.54) is 270 Å². The molecule has 0 bridgehead atoms. The Kier molecular flexibility index (Phi) is 63.4. The Bertz CT molecular complexity index is 1590. The number of quaternary nitrogens is 1. The number of hydrogen-bond donors (Lipinski definition) is 2. The number of rotatable bonds is 68. The fourth-order valence-electron chi connectivity index (χ4n) is 11.0. The van der Waals surface area contributed by atoms with E-state index in [4.69, 9.17) is 13.8 Å². The molecular weight excluding hydrogens is 1070 g/mol. The second-order valence-corrected chi connectivity index (χ2v) is 27.9. The van der Waals surface area contributed by atoms with Gasteiger partial charge in [0.25, 0.3) is 0 Å².